The van der Waals surface area contributed by atoms with E-state index >= 15 is 0 Å². The number of halogens is 1. The van der Waals surface area contributed by atoms with Crippen LogP contribution in [0.4, 0.5) is 21.4 Å². The molecule has 0 unspecified atom stereocenters. The third kappa shape index (κ3) is 2.82. The number of hydrogen-bond donors (Lipinski definition) is 5. The summed E-state index contributed by atoms with van der Waals surface area (Å²) in [4.78, 5) is 40.4. The van der Waals surface area contributed by atoms with Crippen molar-refractivity contribution in [2.45, 2.75) is 0 Å². The molecule has 1 aromatic rings. The van der Waals surface area contributed by atoms with Gasteiger partial charge in [-0.25, -0.2) is 26.3 Å². The first-order valence-corrected chi connectivity index (χ1v) is 5.10. The van der Waals surface area contributed by atoms with Gasteiger partial charge in [-0.15, -0.1) is 0 Å². The molecule has 1 aromatic heterocycles. The van der Waals surface area contributed by atoms with Gasteiger partial charge in [-0.05, 0) is 0 Å². The third-order valence-corrected chi connectivity index (χ3v) is 2.27. The zero-order chi connectivity index (χ0) is 15.6. The molecule has 0 fully saturated rings. The van der Waals surface area contributed by atoms with Crippen molar-refractivity contribution in [3.05, 3.63) is 10.7 Å². The highest BCUT2D eigenvalue weighted by atomic mass is 35.5. The predicted molar refractivity (Wildman–Crippen MR) is 68.1 cm³/mol. The second kappa shape index (κ2) is 5.52. The summed E-state index contributed by atoms with van der Waals surface area (Å²) in [7, 11) is 0. The van der Waals surface area contributed by atoms with E-state index in [4.69, 9.17) is 40.5 Å². The molecular formula is C7H10ClN9O3. The smallest absolute Gasteiger partial charge is 0.336 e. The minimum atomic E-state index is -1.17. The summed E-state index contributed by atoms with van der Waals surface area (Å²) in [6.45, 7) is 0. The number of hydrazine groups is 2. The highest BCUT2D eigenvalue weighted by Crippen LogP contribution is 2.25. The van der Waals surface area contributed by atoms with Crippen LogP contribution in [0.1, 0.15) is 10.4 Å². The molecule has 0 saturated carbocycles. The lowest BCUT2D eigenvalue weighted by Gasteiger charge is -2.19. The summed E-state index contributed by atoms with van der Waals surface area (Å²) < 4.78 is 0. The van der Waals surface area contributed by atoms with Gasteiger partial charge in [-0.3, -0.25) is 4.79 Å². The molecule has 0 saturated heterocycles. The maximum absolute atomic E-state index is 11.3. The first-order valence-electron chi connectivity index (χ1n) is 4.72. The number of aromatic nitrogens is 2. The van der Waals surface area contributed by atoms with Crippen molar-refractivity contribution in [1.82, 2.24) is 9.97 Å². The Morgan fingerprint density at radius 2 is 1.45 bits per heavy atom. The summed E-state index contributed by atoms with van der Waals surface area (Å²) in [6.07, 6.45) is 0. The fraction of sp³-hybridized carbons (Fsp3) is 0. The van der Waals surface area contributed by atoms with E-state index in [1.807, 2.05) is 0 Å². The number of anilines is 2. The molecule has 1 heterocycles. The SMILES string of the molecule is NC(=O)c1c(Cl)nc(N(N)C(N)=O)nc1N(N)C(N)=O. The van der Waals surface area contributed by atoms with Crippen LogP contribution in [0.2, 0.25) is 5.15 Å². The number of hydrogen-bond acceptors (Lipinski definition) is 7. The number of primary amides is 3. The van der Waals surface area contributed by atoms with Gasteiger partial charge in [0.25, 0.3) is 11.9 Å². The third-order valence-electron chi connectivity index (χ3n) is 2.00. The van der Waals surface area contributed by atoms with Gasteiger partial charge in [-0.1, -0.05) is 11.6 Å². The standard InChI is InChI=1S/C7H10ClN9O3/c8-2-1(3(9)18)4(16(12)5(10)19)15-7(14-2)17(13)6(11)20/h12-13H2,(H2,9,18)(H2,10,19)(H2,11,20). The van der Waals surface area contributed by atoms with Gasteiger partial charge in [0, 0.05) is 0 Å². The number of carbonyl (C=O) groups excluding carboxylic acids is 3. The van der Waals surface area contributed by atoms with E-state index in [2.05, 4.69) is 9.97 Å². The van der Waals surface area contributed by atoms with Gasteiger partial charge in [0.1, 0.15) is 10.7 Å². The Morgan fingerprint density at radius 3 is 1.85 bits per heavy atom. The first-order chi connectivity index (χ1) is 9.16. The fourth-order valence-electron chi connectivity index (χ4n) is 1.11. The maximum atomic E-state index is 11.3. The van der Waals surface area contributed by atoms with Crippen molar-refractivity contribution in [2.75, 3.05) is 10.0 Å². The van der Waals surface area contributed by atoms with Crippen molar-refractivity contribution >= 4 is 41.3 Å². The average Bonchev–Trinajstić information content (AvgIpc) is 2.34. The quantitative estimate of drug-likeness (QED) is 0.179. The average molecular weight is 304 g/mol. The van der Waals surface area contributed by atoms with Crippen LogP contribution in [0.15, 0.2) is 0 Å². The Balaban J connectivity index is 3.55. The van der Waals surface area contributed by atoms with Crippen LogP contribution < -0.4 is 38.9 Å². The van der Waals surface area contributed by atoms with Crippen LogP contribution in [-0.2, 0) is 0 Å². The van der Waals surface area contributed by atoms with E-state index < -0.39 is 40.5 Å². The largest absolute Gasteiger partial charge is 0.365 e. The summed E-state index contributed by atoms with van der Waals surface area (Å²) in [5, 5.41) is 0.104. The van der Waals surface area contributed by atoms with Crippen molar-refractivity contribution in [2.24, 2.45) is 28.9 Å². The summed E-state index contributed by atoms with van der Waals surface area (Å²) in [6, 6.07) is -2.29. The molecule has 12 nitrogen and oxygen atoms in total. The van der Waals surface area contributed by atoms with Crippen LogP contribution in [0.5, 0.6) is 0 Å². The van der Waals surface area contributed by atoms with E-state index in [0.717, 1.165) is 0 Å². The Labute approximate surface area is 116 Å². The molecule has 0 atom stereocenters. The van der Waals surface area contributed by atoms with Crippen molar-refractivity contribution in [3.63, 3.8) is 0 Å². The number of urea groups is 2. The van der Waals surface area contributed by atoms with Crippen LogP contribution >= 0.6 is 11.6 Å². The summed E-state index contributed by atoms with van der Waals surface area (Å²) in [5.74, 6) is 8.46. The lowest BCUT2D eigenvalue weighted by Crippen LogP contribution is -2.45. The van der Waals surface area contributed by atoms with E-state index in [9.17, 15) is 14.4 Å². The molecule has 0 aliphatic heterocycles. The highest BCUT2D eigenvalue weighted by Gasteiger charge is 2.25. The molecule has 5 amide bonds. The zero-order valence-electron chi connectivity index (χ0n) is 9.78. The minimum Gasteiger partial charge on any atom is -0.365 e. The topological polar surface area (TPSA) is 214 Å². The second-order valence-corrected chi connectivity index (χ2v) is 3.65. The number of carbonyl (C=O) groups is 3. The molecule has 0 bridgehead atoms. The normalized spacial score (nSPS) is 9.95. The van der Waals surface area contributed by atoms with Gasteiger partial charge in [-0.2, -0.15) is 15.0 Å². The predicted octanol–water partition coefficient (Wildman–Crippen LogP) is -2.25. The fourth-order valence-corrected chi connectivity index (χ4v) is 1.36. The molecule has 20 heavy (non-hydrogen) atoms. The minimum absolute atomic E-state index is 0.284. The molecule has 0 radical (unpaired) electrons. The van der Waals surface area contributed by atoms with Crippen LogP contribution in [0.3, 0.4) is 0 Å². The Hall–Kier alpha value is -2.70. The molecule has 108 valence electrons. The van der Waals surface area contributed by atoms with Crippen LogP contribution in [0.25, 0.3) is 0 Å². The monoisotopic (exact) mass is 303 g/mol. The summed E-state index contributed by atoms with van der Waals surface area (Å²) in [5.41, 5.74) is 14.4. The van der Waals surface area contributed by atoms with Gasteiger partial charge < -0.3 is 17.2 Å². The van der Waals surface area contributed by atoms with Crippen molar-refractivity contribution in [3.8, 4) is 0 Å². The van der Waals surface area contributed by atoms with Crippen LogP contribution in [-0.4, -0.2) is 27.9 Å². The number of nitrogens with two attached hydrogens (primary N) is 5. The number of rotatable bonds is 3. The molecule has 1 rings (SSSR count). The molecule has 0 aromatic carbocycles. The molecule has 0 spiro atoms. The molecular weight excluding hydrogens is 294 g/mol. The van der Waals surface area contributed by atoms with Crippen molar-refractivity contribution < 1.29 is 14.4 Å². The Bertz CT molecular complexity index is 591. The van der Waals surface area contributed by atoms with Crippen molar-refractivity contribution in [1.29, 1.82) is 0 Å². The van der Waals surface area contributed by atoms with Gasteiger partial charge in [0.15, 0.2) is 5.82 Å². The first kappa shape index (κ1) is 15.4. The number of amides is 5. The lowest BCUT2D eigenvalue weighted by atomic mass is 10.3. The zero-order valence-corrected chi connectivity index (χ0v) is 10.5. The van der Waals surface area contributed by atoms with E-state index in [1.54, 1.807) is 0 Å². The van der Waals surface area contributed by atoms with Gasteiger partial charge in [0.05, 0.1) is 0 Å². The Kier molecular flexibility index (Phi) is 4.24. The summed E-state index contributed by atoms with van der Waals surface area (Å²) >= 11 is 5.71. The van der Waals surface area contributed by atoms with Crippen LogP contribution in [0, 0.1) is 0 Å². The molecule has 10 N–H and O–H groups in total. The lowest BCUT2D eigenvalue weighted by molar-refractivity contribution is 0.100. The highest BCUT2D eigenvalue weighted by molar-refractivity contribution is 6.33. The number of nitrogens with zero attached hydrogens (tertiary/aromatic N) is 4. The molecule has 0 aliphatic rings. The van der Waals surface area contributed by atoms with E-state index in [0.29, 0.717) is 5.01 Å². The molecule has 13 heteroatoms. The van der Waals surface area contributed by atoms with Gasteiger partial charge in [0.2, 0.25) is 0 Å². The molecule has 0 aliphatic carbocycles. The van der Waals surface area contributed by atoms with Gasteiger partial charge >= 0.3 is 12.1 Å². The van der Waals surface area contributed by atoms with E-state index in [1.165, 1.54) is 0 Å². The second-order valence-electron chi connectivity index (χ2n) is 3.29. The maximum Gasteiger partial charge on any atom is 0.336 e. The van der Waals surface area contributed by atoms with E-state index in [-0.39, 0.29) is 5.01 Å². The Morgan fingerprint density at radius 1 is 0.950 bits per heavy atom.